The average molecular weight is 391 g/mol. The molecule has 0 saturated heterocycles. The van der Waals surface area contributed by atoms with E-state index < -0.39 is 22.0 Å². The van der Waals surface area contributed by atoms with E-state index in [0.717, 1.165) is 22.3 Å². The minimum Gasteiger partial charge on any atom is -0.207 e. The number of nitrogens with zero attached hydrogens (tertiary/aromatic N) is 1. The molecule has 0 unspecified atom stereocenters. The van der Waals surface area contributed by atoms with Crippen LogP contribution in [-0.2, 0) is 10.0 Å². The molecule has 0 aliphatic carbocycles. The number of sulfonamides is 1. The van der Waals surface area contributed by atoms with Gasteiger partial charge in [0, 0.05) is 0 Å². The Balaban J connectivity index is 2.06. The van der Waals surface area contributed by atoms with Crippen LogP contribution in [0.1, 0.15) is 34.2 Å². The summed E-state index contributed by atoms with van der Waals surface area (Å²) < 4.78 is 28.9. The van der Waals surface area contributed by atoms with E-state index in [9.17, 15) is 13.7 Å². The van der Waals surface area contributed by atoms with Crippen LogP contribution in [0.4, 0.5) is 0 Å². The molecule has 0 heterocycles. The molecular weight excluding hydrogens is 368 g/mol. The van der Waals surface area contributed by atoms with Crippen LogP contribution in [0.5, 0.6) is 0 Å². The van der Waals surface area contributed by atoms with Crippen molar-refractivity contribution in [2.45, 2.75) is 30.7 Å². The largest absolute Gasteiger partial charge is 0.241 e. The number of nitriles is 1. The number of rotatable bonds is 6. The highest BCUT2D eigenvalue weighted by atomic mass is 32.2. The van der Waals surface area contributed by atoms with Crippen LogP contribution in [0.15, 0.2) is 83.8 Å². The quantitative estimate of drug-likeness (QED) is 0.667. The summed E-state index contributed by atoms with van der Waals surface area (Å²) in [4.78, 5) is 0.181. The zero-order valence-corrected chi connectivity index (χ0v) is 16.6. The third kappa shape index (κ3) is 4.30. The molecule has 4 nitrogen and oxygen atoms in total. The van der Waals surface area contributed by atoms with E-state index in [-0.39, 0.29) is 4.90 Å². The van der Waals surface area contributed by atoms with Crippen LogP contribution in [0, 0.1) is 25.2 Å². The third-order valence-electron chi connectivity index (χ3n) is 4.77. The monoisotopic (exact) mass is 390 g/mol. The fraction of sp³-hybridized carbons (Fsp3) is 0.174. The molecule has 3 aromatic rings. The predicted molar refractivity (Wildman–Crippen MR) is 110 cm³/mol. The topological polar surface area (TPSA) is 70.0 Å². The summed E-state index contributed by atoms with van der Waals surface area (Å²) >= 11 is 0. The van der Waals surface area contributed by atoms with Gasteiger partial charge in [0.05, 0.1) is 22.9 Å². The molecule has 0 aliphatic rings. The molecule has 28 heavy (non-hydrogen) atoms. The lowest BCUT2D eigenvalue weighted by Gasteiger charge is -2.25. The summed E-state index contributed by atoms with van der Waals surface area (Å²) in [6.07, 6.45) is 0. The van der Waals surface area contributed by atoms with Gasteiger partial charge in [-0.05, 0) is 42.7 Å². The Morgan fingerprint density at radius 3 is 2.07 bits per heavy atom. The van der Waals surface area contributed by atoms with Crippen molar-refractivity contribution in [3.05, 3.63) is 101 Å². The van der Waals surface area contributed by atoms with Gasteiger partial charge in [-0.3, -0.25) is 0 Å². The van der Waals surface area contributed by atoms with Crippen molar-refractivity contribution in [2.24, 2.45) is 0 Å². The second-order valence-electron chi connectivity index (χ2n) is 6.79. The van der Waals surface area contributed by atoms with Gasteiger partial charge in [0.1, 0.15) is 0 Å². The zero-order chi connectivity index (χ0) is 20.1. The maximum atomic E-state index is 13.0. The van der Waals surface area contributed by atoms with E-state index in [1.165, 1.54) is 0 Å². The zero-order valence-electron chi connectivity index (χ0n) is 15.8. The molecule has 0 saturated carbocycles. The van der Waals surface area contributed by atoms with Gasteiger partial charge in [0.25, 0.3) is 0 Å². The Kier molecular flexibility index (Phi) is 5.93. The highest BCUT2D eigenvalue weighted by Crippen LogP contribution is 2.33. The minimum absolute atomic E-state index is 0.181. The molecule has 2 atom stereocenters. The molecule has 5 heteroatoms. The first-order valence-corrected chi connectivity index (χ1v) is 10.5. The molecule has 0 fully saturated rings. The molecule has 0 aliphatic heterocycles. The van der Waals surface area contributed by atoms with E-state index in [4.69, 9.17) is 0 Å². The van der Waals surface area contributed by atoms with E-state index in [2.05, 4.69) is 10.8 Å². The SMILES string of the molecule is Cc1ccc(S(=O)(=O)N[C@@H](c2ccccc2)[C@H](C#N)c2ccccc2C)cc1. The van der Waals surface area contributed by atoms with Gasteiger partial charge in [-0.1, -0.05) is 72.3 Å². The summed E-state index contributed by atoms with van der Waals surface area (Å²) in [7, 11) is -3.80. The molecular formula is C23H22N2O2S. The van der Waals surface area contributed by atoms with Crippen LogP contribution in [0.25, 0.3) is 0 Å². The molecule has 0 aromatic heterocycles. The minimum atomic E-state index is -3.80. The van der Waals surface area contributed by atoms with E-state index in [0.29, 0.717) is 0 Å². The highest BCUT2D eigenvalue weighted by Gasteiger charge is 2.30. The van der Waals surface area contributed by atoms with E-state index in [1.807, 2.05) is 68.4 Å². The highest BCUT2D eigenvalue weighted by molar-refractivity contribution is 7.89. The molecule has 1 N–H and O–H groups in total. The van der Waals surface area contributed by atoms with Crippen molar-refractivity contribution in [3.8, 4) is 6.07 Å². The maximum absolute atomic E-state index is 13.0. The van der Waals surface area contributed by atoms with Crippen molar-refractivity contribution in [1.29, 1.82) is 5.26 Å². The molecule has 0 bridgehead atoms. The summed E-state index contributed by atoms with van der Waals surface area (Å²) in [5, 5.41) is 9.95. The fourth-order valence-electron chi connectivity index (χ4n) is 3.20. The summed E-state index contributed by atoms with van der Waals surface area (Å²) in [5.74, 6) is -0.663. The van der Waals surface area contributed by atoms with Gasteiger partial charge in [0.2, 0.25) is 10.0 Å². The Bertz CT molecular complexity index is 1090. The lowest BCUT2D eigenvalue weighted by Crippen LogP contribution is -2.32. The van der Waals surface area contributed by atoms with Crippen molar-refractivity contribution in [1.82, 2.24) is 4.72 Å². The van der Waals surface area contributed by atoms with Crippen LogP contribution in [-0.4, -0.2) is 8.42 Å². The standard InChI is InChI=1S/C23H22N2O2S/c1-17-12-14-20(15-13-17)28(26,27)25-23(19-9-4-3-5-10-19)22(16-24)21-11-7-6-8-18(21)2/h3-15,22-23,25H,1-2H3/t22-,23+/m1/s1. The van der Waals surface area contributed by atoms with Gasteiger partial charge < -0.3 is 0 Å². The lowest BCUT2D eigenvalue weighted by molar-refractivity contribution is 0.538. The molecule has 0 spiro atoms. The van der Waals surface area contributed by atoms with E-state index >= 15 is 0 Å². The first-order valence-electron chi connectivity index (χ1n) is 9.01. The number of hydrogen-bond acceptors (Lipinski definition) is 3. The first-order chi connectivity index (χ1) is 13.4. The number of nitrogens with one attached hydrogen (secondary N) is 1. The van der Waals surface area contributed by atoms with Gasteiger partial charge in [-0.2, -0.15) is 5.26 Å². The Morgan fingerprint density at radius 1 is 0.857 bits per heavy atom. The summed E-state index contributed by atoms with van der Waals surface area (Å²) in [6, 6.07) is 25.1. The van der Waals surface area contributed by atoms with Gasteiger partial charge in [0.15, 0.2) is 0 Å². The smallest absolute Gasteiger partial charge is 0.207 e. The molecule has 0 radical (unpaired) electrons. The predicted octanol–water partition coefficient (Wildman–Crippen LogP) is 4.63. The molecule has 3 rings (SSSR count). The first kappa shape index (κ1) is 19.8. The summed E-state index contributed by atoms with van der Waals surface area (Å²) in [5.41, 5.74) is 3.48. The average Bonchev–Trinajstić information content (AvgIpc) is 2.70. The number of benzene rings is 3. The number of hydrogen-bond donors (Lipinski definition) is 1. The fourth-order valence-corrected chi connectivity index (χ4v) is 4.44. The Labute approximate surface area is 166 Å². The number of aryl methyl sites for hydroxylation is 2. The van der Waals surface area contributed by atoms with Crippen molar-refractivity contribution in [2.75, 3.05) is 0 Å². The third-order valence-corrected chi connectivity index (χ3v) is 6.23. The van der Waals surface area contributed by atoms with Gasteiger partial charge in [-0.25, -0.2) is 13.1 Å². The maximum Gasteiger partial charge on any atom is 0.241 e. The van der Waals surface area contributed by atoms with Crippen LogP contribution < -0.4 is 4.72 Å². The van der Waals surface area contributed by atoms with E-state index in [1.54, 1.807) is 24.3 Å². The Hall–Kier alpha value is -2.94. The normalized spacial score (nSPS) is 13.5. The summed E-state index contributed by atoms with van der Waals surface area (Å²) in [6.45, 7) is 3.83. The molecule has 142 valence electrons. The second-order valence-corrected chi connectivity index (χ2v) is 8.50. The van der Waals surface area contributed by atoms with Gasteiger partial charge in [-0.15, -0.1) is 0 Å². The molecule has 3 aromatic carbocycles. The van der Waals surface area contributed by atoms with Crippen molar-refractivity contribution < 1.29 is 8.42 Å². The van der Waals surface area contributed by atoms with Crippen LogP contribution in [0.3, 0.4) is 0 Å². The lowest BCUT2D eigenvalue weighted by atomic mass is 9.86. The van der Waals surface area contributed by atoms with Crippen LogP contribution >= 0.6 is 0 Å². The van der Waals surface area contributed by atoms with Gasteiger partial charge >= 0.3 is 0 Å². The van der Waals surface area contributed by atoms with Crippen molar-refractivity contribution >= 4 is 10.0 Å². The Morgan fingerprint density at radius 2 is 1.46 bits per heavy atom. The van der Waals surface area contributed by atoms with Crippen molar-refractivity contribution in [3.63, 3.8) is 0 Å². The van der Waals surface area contributed by atoms with Crippen LogP contribution in [0.2, 0.25) is 0 Å². The second kappa shape index (κ2) is 8.39. The molecule has 0 amide bonds.